The lowest BCUT2D eigenvalue weighted by Crippen LogP contribution is -2.14. The zero-order valence-corrected chi connectivity index (χ0v) is 10.5. The molecule has 0 bridgehead atoms. The maximum atomic E-state index is 4.32. The summed E-state index contributed by atoms with van der Waals surface area (Å²) in [6, 6.07) is 1.95. The summed E-state index contributed by atoms with van der Waals surface area (Å²) in [5.74, 6) is 1.54. The largest absolute Gasteiger partial charge is 0.369 e. The monoisotopic (exact) mass is 226 g/mol. The molecule has 1 aromatic heterocycles. The second kappa shape index (κ2) is 5.80. The SMILES string of the molecule is CNc1nc(C)cc(NCC(C)SC)n1. The van der Waals surface area contributed by atoms with Crippen molar-refractivity contribution in [1.29, 1.82) is 0 Å². The zero-order valence-electron chi connectivity index (χ0n) is 9.66. The van der Waals surface area contributed by atoms with E-state index in [2.05, 4.69) is 33.8 Å². The molecule has 1 unspecified atom stereocenters. The van der Waals surface area contributed by atoms with Crippen LogP contribution in [-0.2, 0) is 0 Å². The summed E-state index contributed by atoms with van der Waals surface area (Å²) in [7, 11) is 1.82. The van der Waals surface area contributed by atoms with Gasteiger partial charge in [-0.3, -0.25) is 0 Å². The summed E-state index contributed by atoms with van der Waals surface area (Å²) < 4.78 is 0. The molecule has 0 radical (unpaired) electrons. The Hall–Kier alpha value is -0.970. The molecule has 84 valence electrons. The number of nitrogens with one attached hydrogen (secondary N) is 2. The lowest BCUT2D eigenvalue weighted by atomic mass is 10.4. The fourth-order valence-electron chi connectivity index (χ4n) is 1.10. The highest BCUT2D eigenvalue weighted by Gasteiger charge is 2.02. The van der Waals surface area contributed by atoms with Crippen LogP contribution in [-0.4, -0.2) is 35.1 Å². The number of aryl methyl sites for hydroxylation is 1. The van der Waals surface area contributed by atoms with Gasteiger partial charge in [0.1, 0.15) is 5.82 Å². The lowest BCUT2D eigenvalue weighted by molar-refractivity contribution is 0.981. The van der Waals surface area contributed by atoms with Crippen molar-refractivity contribution in [2.75, 3.05) is 30.5 Å². The fraction of sp³-hybridized carbons (Fsp3) is 0.600. The molecule has 1 heterocycles. The van der Waals surface area contributed by atoms with Crippen molar-refractivity contribution in [1.82, 2.24) is 9.97 Å². The van der Waals surface area contributed by atoms with E-state index in [1.807, 2.05) is 31.8 Å². The Morgan fingerprint density at radius 2 is 2.20 bits per heavy atom. The van der Waals surface area contributed by atoms with Crippen LogP contribution in [0.2, 0.25) is 0 Å². The third-order valence-electron chi connectivity index (χ3n) is 2.05. The summed E-state index contributed by atoms with van der Waals surface area (Å²) >= 11 is 1.84. The number of rotatable bonds is 5. The molecule has 4 nitrogen and oxygen atoms in total. The Morgan fingerprint density at radius 3 is 2.80 bits per heavy atom. The van der Waals surface area contributed by atoms with Gasteiger partial charge in [-0.1, -0.05) is 6.92 Å². The Morgan fingerprint density at radius 1 is 1.47 bits per heavy atom. The van der Waals surface area contributed by atoms with E-state index in [9.17, 15) is 0 Å². The van der Waals surface area contributed by atoms with Crippen molar-refractivity contribution in [3.63, 3.8) is 0 Å². The van der Waals surface area contributed by atoms with Gasteiger partial charge in [-0.15, -0.1) is 0 Å². The maximum absolute atomic E-state index is 4.32. The molecule has 0 amide bonds. The average molecular weight is 226 g/mol. The van der Waals surface area contributed by atoms with Crippen LogP contribution in [0.15, 0.2) is 6.07 Å². The summed E-state index contributed by atoms with van der Waals surface area (Å²) in [5, 5.41) is 6.82. The van der Waals surface area contributed by atoms with Crippen LogP contribution in [0.3, 0.4) is 0 Å². The zero-order chi connectivity index (χ0) is 11.3. The van der Waals surface area contributed by atoms with Gasteiger partial charge in [-0.2, -0.15) is 16.7 Å². The topological polar surface area (TPSA) is 49.8 Å². The van der Waals surface area contributed by atoms with Gasteiger partial charge in [0.05, 0.1) is 0 Å². The Balaban J connectivity index is 2.64. The molecule has 0 aromatic carbocycles. The quantitative estimate of drug-likeness (QED) is 0.804. The van der Waals surface area contributed by atoms with E-state index in [1.165, 1.54) is 0 Å². The van der Waals surface area contributed by atoms with E-state index in [0.717, 1.165) is 18.1 Å². The van der Waals surface area contributed by atoms with E-state index in [1.54, 1.807) is 0 Å². The van der Waals surface area contributed by atoms with Gasteiger partial charge in [0, 0.05) is 30.6 Å². The second-order valence-electron chi connectivity index (χ2n) is 3.40. The van der Waals surface area contributed by atoms with E-state index in [4.69, 9.17) is 0 Å². The van der Waals surface area contributed by atoms with Crippen LogP contribution < -0.4 is 10.6 Å². The highest BCUT2D eigenvalue weighted by Crippen LogP contribution is 2.11. The van der Waals surface area contributed by atoms with E-state index < -0.39 is 0 Å². The van der Waals surface area contributed by atoms with Gasteiger partial charge in [0.25, 0.3) is 0 Å². The molecule has 15 heavy (non-hydrogen) atoms. The van der Waals surface area contributed by atoms with Crippen LogP contribution in [0.5, 0.6) is 0 Å². The summed E-state index contributed by atoms with van der Waals surface area (Å²) in [5.41, 5.74) is 0.966. The molecule has 1 aromatic rings. The van der Waals surface area contributed by atoms with Crippen molar-refractivity contribution < 1.29 is 0 Å². The van der Waals surface area contributed by atoms with E-state index in [-0.39, 0.29) is 0 Å². The normalized spacial score (nSPS) is 12.3. The first kappa shape index (κ1) is 12.1. The smallest absolute Gasteiger partial charge is 0.224 e. The van der Waals surface area contributed by atoms with Gasteiger partial charge in [0.2, 0.25) is 5.95 Å². The van der Waals surface area contributed by atoms with Crippen LogP contribution in [0.4, 0.5) is 11.8 Å². The van der Waals surface area contributed by atoms with Crippen LogP contribution >= 0.6 is 11.8 Å². The second-order valence-corrected chi connectivity index (χ2v) is 4.67. The van der Waals surface area contributed by atoms with Crippen molar-refractivity contribution in [2.24, 2.45) is 0 Å². The molecule has 0 aliphatic carbocycles. The molecule has 5 heteroatoms. The molecule has 1 rings (SSSR count). The molecule has 0 aliphatic rings. The fourth-order valence-corrected chi connectivity index (χ4v) is 1.35. The third-order valence-corrected chi connectivity index (χ3v) is 3.02. The standard InChI is InChI=1S/C10H18N4S/c1-7-5-9(12-6-8(2)15-4)14-10(11-3)13-7/h5,8H,6H2,1-4H3,(H2,11,12,13,14). The Kier molecular flexibility index (Phi) is 4.68. The number of hydrogen-bond acceptors (Lipinski definition) is 5. The Labute approximate surface area is 95.3 Å². The number of thioether (sulfide) groups is 1. The highest BCUT2D eigenvalue weighted by molar-refractivity contribution is 7.99. The summed E-state index contributed by atoms with van der Waals surface area (Å²) in [6.45, 7) is 5.07. The van der Waals surface area contributed by atoms with Crippen LogP contribution in [0.25, 0.3) is 0 Å². The average Bonchev–Trinajstić information content (AvgIpc) is 2.25. The molecular weight excluding hydrogens is 208 g/mol. The first-order valence-electron chi connectivity index (χ1n) is 4.95. The van der Waals surface area contributed by atoms with Gasteiger partial charge in [-0.25, -0.2) is 4.98 Å². The molecule has 0 fully saturated rings. The third kappa shape index (κ3) is 3.95. The molecule has 0 spiro atoms. The lowest BCUT2D eigenvalue weighted by Gasteiger charge is -2.11. The first-order valence-corrected chi connectivity index (χ1v) is 6.24. The summed E-state index contributed by atoms with van der Waals surface area (Å²) in [4.78, 5) is 8.55. The van der Waals surface area contributed by atoms with Crippen molar-refractivity contribution in [3.05, 3.63) is 11.8 Å². The van der Waals surface area contributed by atoms with Gasteiger partial charge in [-0.05, 0) is 13.2 Å². The van der Waals surface area contributed by atoms with Gasteiger partial charge < -0.3 is 10.6 Å². The first-order chi connectivity index (χ1) is 7.15. The number of aromatic nitrogens is 2. The molecule has 0 saturated carbocycles. The maximum Gasteiger partial charge on any atom is 0.224 e. The Bertz CT molecular complexity index is 316. The minimum absolute atomic E-state index is 0.582. The molecular formula is C10H18N4S. The molecule has 0 saturated heterocycles. The minimum atomic E-state index is 0.582. The van der Waals surface area contributed by atoms with E-state index >= 15 is 0 Å². The number of hydrogen-bond donors (Lipinski definition) is 2. The molecule has 0 aliphatic heterocycles. The van der Waals surface area contributed by atoms with Crippen LogP contribution in [0.1, 0.15) is 12.6 Å². The van der Waals surface area contributed by atoms with Crippen molar-refractivity contribution >= 4 is 23.5 Å². The highest BCUT2D eigenvalue weighted by atomic mass is 32.2. The number of anilines is 2. The minimum Gasteiger partial charge on any atom is -0.369 e. The van der Waals surface area contributed by atoms with Gasteiger partial charge >= 0.3 is 0 Å². The number of nitrogens with zero attached hydrogens (tertiary/aromatic N) is 2. The van der Waals surface area contributed by atoms with Crippen molar-refractivity contribution in [2.45, 2.75) is 19.1 Å². The predicted molar refractivity (Wildman–Crippen MR) is 67.8 cm³/mol. The summed E-state index contributed by atoms with van der Waals surface area (Å²) in [6.07, 6.45) is 2.11. The molecule has 2 N–H and O–H groups in total. The van der Waals surface area contributed by atoms with E-state index in [0.29, 0.717) is 11.2 Å². The van der Waals surface area contributed by atoms with Crippen LogP contribution in [0, 0.1) is 6.92 Å². The van der Waals surface area contributed by atoms with Crippen molar-refractivity contribution in [3.8, 4) is 0 Å². The predicted octanol–water partition coefficient (Wildman–Crippen LogP) is 1.99. The van der Waals surface area contributed by atoms with Gasteiger partial charge in [0.15, 0.2) is 0 Å². The molecule has 1 atom stereocenters.